The van der Waals surface area contributed by atoms with E-state index in [0.717, 1.165) is 15.0 Å². The number of hydrogen-bond acceptors (Lipinski definition) is 6. The average Bonchev–Trinajstić information content (AvgIpc) is 3.32. The molecule has 2 amide bonds. The van der Waals surface area contributed by atoms with Crippen LogP contribution in [0.2, 0.25) is 0 Å². The van der Waals surface area contributed by atoms with Crippen LogP contribution in [-0.4, -0.2) is 24.9 Å². The van der Waals surface area contributed by atoms with Gasteiger partial charge in [0.05, 0.1) is 19.6 Å². The molecule has 3 aromatic rings. The lowest BCUT2D eigenvalue weighted by molar-refractivity contribution is -0.142. The highest BCUT2D eigenvalue weighted by Gasteiger charge is 2.23. The molecule has 134 valence electrons. The lowest BCUT2D eigenvalue weighted by Crippen LogP contribution is -2.38. The van der Waals surface area contributed by atoms with Crippen LogP contribution in [0.1, 0.15) is 17.3 Å². The van der Waals surface area contributed by atoms with Gasteiger partial charge >= 0.3 is 17.8 Å². The van der Waals surface area contributed by atoms with E-state index >= 15 is 0 Å². The number of carbonyl (C=O) groups is 3. The van der Waals surface area contributed by atoms with Crippen molar-refractivity contribution in [3.63, 3.8) is 0 Å². The highest BCUT2D eigenvalue weighted by atomic mass is 32.1. The summed E-state index contributed by atoms with van der Waals surface area (Å²) in [6.45, 7) is 0. The van der Waals surface area contributed by atoms with Crippen LogP contribution in [0.4, 0.5) is 5.69 Å². The largest absolute Gasteiger partial charge is 0.469 e. The number of methoxy groups -OCH3 is 1. The van der Waals surface area contributed by atoms with E-state index in [1.54, 1.807) is 23.5 Å². The van der Waals surface area contributed by atoms with E-state index in [2.05, 4.69) is 15.4 Å². The van der Waals surface area contributed by atoms with Gasteiger partial charge in [0.2, 0.25) is 0 Å². The number of anilines is 1. The Morgan fingerprint density at radius 1 is 1.08 bits per heavy atom. The van der Waals surface area contributed by atoms with Crippen LogP contribution in [0.3, 0.4) is 0 Å². The van der Waals surface area contributed by atoms with E-state index in [9.17, 15) is 14.4 Å². The smallest absolute Gasteiger partial charge is 0.313 e. The molecule has 1 atom stereocenters. The Labute approximate surface area is 157 Å². The van der Waals surface area contributed by atoms with Crippen molar-refractivity contribution in [2.75, 3.05) is 12.4 Å². The van der Waals surface area contributed by atoms with Gasteiger partial charge in [-0.3, -0.25) is 14.4 Å². The van der Waals surface area contributed by atoms with Crippen molar-refractivity contribution < 1.29 is 19.1 Å². The predicted molar refractivity (Wildman–Crippen MR) is 102 cm³/mol. The van der Waals surface area contributed by atoms with Gasteiger partial charge in [0.1, 0.15) is 0 Å². The topological polar surface area (TPSA) is 84.5 Å². The molecule has 3 rings (SSSR count). The van der Waals surface area contributed by atoms with Gasteiger partial charge in [-0.05, 0) is 46.5 Å². The summed E-state index contributed by atoms with van der Waals surface area (Å²) in [6.07, 6.45) is -0.0447. The first-order chi connectivity index (χ1) is 12.6. The van der Waals surface area contributed by atoms with Crippen LogP contribution in [0, 0.1) is 0 Å². The fourth-order valence-corrected chi connectivity index (χ4v) is 3.97. The first-order valence-corrected chi connectivity index (χ1v) is 9.52. The molecule has 2 N–H and O–H groups in total. The van der Waals surface area contributed by atoms with Gasteiger partial charge in [-0.1, -0.05) is 6.07 Å². The van der Waals surface area contributed by atoms with Crippen molar-refractivity contribution in [3.8, 4) is 0 Å². The molecule has 0 saturated carbocycles. The molecule has 1 aromatic carbocycles. The standard InChI is InChI=1S/C18H16N2O4S2/c1-24-16(21)10-13(15-3-2-7-25-15)20-18(23)17(22)19-12-4-5-14-11(9-12)6-8-26-14/h2-9,13H,10H2,1H3,(H,19,22)(H,20,23)/t13-/m1/s1. The molecule has 0 spiro atoms. The number of rotatable bonds is 5. The Bertz CT molecular complexity index is 934. The number of ether oxygens (including phenoxy) is 1. The molecule has 0 radical (unpaired) electrons. The van der Waals surface area contributed by atoms with Crippen molar-refractivity contribution in [1.82, 2.24) is 5.32 Å². The molecule has 0 fully saturated rings. The van der Waals surface area contributed by atoms with Crippen molar-refractivity contribution in [1.29, 1.82) is 0 Å². The summed E-state index contributed by atoms with van der Waals surface area (Å²) < 4.78 is 5.76. The van der Waals surface area contributed by atoms with Crippen molar-refractivity contribution in [2.45, 2.75) is 12.5 Å². The van der Waals surface area contributed by atoms with Crippen molar-refractivity contribution in [2.24, 2.45) is 0 Å². The molecule has 0 aliphatic rings. The van der Waals surface area contributed by atoms with Crippen molar-refractivity contribution >= 4 is 56.2 Å². The molecule has 2 heterocycles. The first kappa shape index (κ1) is 18.1. The molecule has 0 bridgehead atoms. The number of carbonyl (C=O) groups excluding carboxylic acids is 3. The zero-order valence-corrected chi connectivity index (χ0v) is 15.5. The second-order valence-electron chi connectivity index (χ2n) is 5.45. The molecule has 2 aromatic heterocycles. The lowest BCUT2D eigenvalue weighted by atomic mass is 10.1. The molecule has 26 heavy (non-hydrogen) atoms. The summed E-state index contributed by atoms with van der Waals surface area (Å²) in [4.78, 5) is 36.8. The second kappa shape index (κ2) is 8.11. The number of amides is 2. The minimum Gasteiger partial charge on any atom is -0.469 e. The Morgan fingerprint density at radius 2 is 1.92 bits per heavy atom. The molecule has 8 heteroatoms. The van der Waals surface area contributed by atoms with E-state index in [4.69, 9.17) is 0 Å². The maximum atomic E-state index is 12.3. The monoisotopic (exact) mass is 388 g/mol. The SMILES string of the molecule is COC(=O)C[C@@H](NC(=O)C(=O)Nc1ccc2sccc2c1)c1cccs1. The highest BCUT2D eigenvalue weighted by Crippen LogP contribution is 2.24. The third-order valence-electron chi connectivity index (χ3n) is 3.71. The van der Waals surface area contributed by atoms with Crippen LogP contribution in [0.15, 0.2) is 47.2 Å². The highest BCUT2D eigenvalue weighted by molar-refractivity contribution is 7.17. The lowest BCUT2D eigenvalue weighted by Gasteiger charge is -2.16. The zero-order chi connectivity index (χ0) is 18.5. The summed E-state index contributed by atoms with van der Waals surface area (Å²) in [7, 11) is 1.28. The van der Waals surface area contributed by atoms with Gasteiger partial charge in [0, 0.05) is 15.3 Å². The summed E-state index contributed by atoms with van der Waals surface area (Å²) in [5.41, 5.74) is 0.539. The van der Waals surface area contributed by atoms with Gasteiger partial charge in [0.25, 0.3) is 0 Å². The van der Waals surface area contributed by atoms with Gasteiger partial charge in [-0.15, -0.1) is 22.7 Å². The second-order valence-corrected chi connectivity index (χ2v) is 7.38. The van der Waals surface area contributed by atoms with Crippen LogP contribution < -0.4 is 10.6 Å². The Kier molecular flexibility index (Phi) is 5.65. The van der Waals surface area contributed by atoms with Gasteiger partial charge in [-0.2, -0.15) is 0 Å². The number of hydrogen-bond donors (Lipinski definition) is 2. The first-order valence-electron chi connectivity index (χ1n) is 7.76. The van der Waals surface area contributed by atoms with E-state index in [1.807, 2.05) is 35.0 Å². The van der Waals surface area contributed by atoms with Crippen LogP contribution in [0.5, 0.6) is 0 Å². The fraction of sp³-hybridized carbons (Fsp3) is 0.167. The quantitative estimate of drug-likeness (QED) is 0.519. The molecule has 0 aliphatic heterocycles. The Morgan fingerprint density at radius 3 is 2.65 bits per heavy atom. The maximum Gasteiger partial charge on any atom is 0.313 e. The number of fused-ring (bicyclic) bond motifs is 1. The zero-order valence-electron chi connectivity index (χ0n) is 13.9. The Balaban J connectivity index is 1.67. The number of thiophene rings is 2. The molecular formula is C18H16N2O4S2. The number of nitrogens with one attached hydrogen (secondary N) is 2. The summed E-state index contributed by atoms with van der Waals surface area (Å²) in [5, 5.41) is 9.97. The fourth-order valence-electron chi connectivity index (χ4n) is 2.42. The molecule has 0 aliphatic carbocycles. The van der Waals surface area contributed by atoms with E-state index in [-0.39, 0.29) is 6.42 Å². The summed E-state index contributed by atoms with van der Waals surface area (Å²) in [5.74, 6) is -2.06. The third-order valence-corrected chi connectivity index (χ3v) is 5.59. The summed E-state index contributed by atoms with van der Waals surface area (Å²) >= 11 is 2.99. The molecule has 0 saturated heterocycles. The number of esters is 1. The van der Waals surface area contributed by atoms with Gasteiger partial charge in [0.15, 0.2) is 0 Å². The van der Waals surface area contributed by atoms with Crippen LogP contribution >= 0.6 is 22.7 Å². The van der Waals surface area contributed by atoms with Crippen LogP contribution in [-0.2, 0) is 19.1 Å². The average molecular weight is 388 g/mol. The van der Waals surface area contributed by atoms with Crippen LogP contribution in [0.25, 0.3) is 10.1 Å². The van der Waals surface area contributed by atoms with Gasteiger partial charge in [-0.25, -0.2) is 0 Å². The minimum atomic E-state index is -0.808. The molecule has 6 nitrogen and oxygen atoms in total. The number of benzene rings is 1. The Hall–Kier alpha value is -2.71. The third kappa shape index (κ3) is 4.27. The van der Waals surface area contributed by atoms with E-state index < -0.39 is 23.8 Å². The normalized spacial score (nSPS) is 11.7. The predicted octanol–water partition coefficient (Wildman–Crippen LogP) is 3.32. The summed E-state index contributed by atoms with van der Waals surface area (Å²) in [6, 6.07) is 10.4. The van der Waals surface area contributed by atoms with E-state index in [0.29, 0.717) is 5.69 Å². The van der Waals surface area contributed by atoms with E-state index in [1.165, 1.54) is 18.4 Å². The maximum absolute atomic E-state index is 12.3. The molecule has 0 unspecified atom stereocenters. The molecular weight excluding hydrogens is 372 g/mol. The van der Waals surface area contributed by atoms with Crippen molar-refractivity contribution in [3.05, 3.63) is 52.0 Å². The minimum absolute atomic E-state index is 0.0447. The van der Waals surface area contributed by atoms with Gasteiger partial charge < -0.3 is 15.4 Å².